The lowest BCUT2D eigenvalue weighted by atomic mass is 9.67. The monoisotopic (exact) mass is 444 g/mol. The summed E-state index contributed by atoms with van der Waals surface area (Å²) in [6.45, 7) is 8.36. The molecular formula is C28H32N2O3. The van der Waals surface area contributed by atoms with Gasteiger partial charge in [-0.15, -0.1) is 0 Å². The molecule has 5 nitrogen and oxygen atoms in total. The molecule has 5 rings (SSSR count). The number of carbonyl (C=O) groups is 2. The normalized spacial score (nSPS) is 28.2. The van der Waals surface area contributed by atoms with E-state index in [2.05, 4.69) is 20.4 Å². The molecule has 4 atom stereocenters. The van der Waals surface area contributed by atoms with Crippen molar-refractivity contribution in [3.8, 4) is 0 Å². The van der Waals surface area contributed by atoms with E-state index in [4.69, 9.17) is 0 Å². The van der Waals surface area contributed by atoms with Crippen LogP contribution in [0.5, 0.6) is 0 Å². The highest BCUT2D eigenvalue weighted by Gasteiger charge is 2.75. The fourth-order valence-corrected chi connectivity index (χ4v) is 6.64. The van der Waals surface area contributed by atoms with E-state index in [-0.39, 0.29) is 28.8 Å². The molecule has 1 N–H and O–H groups in total. The number of nitrogens with zero attached hydrogens (tertiary/aromatic N) is 2. The number of amides is 2. The molecule has 1 heterocycles. The number of rotatable bonds is 6. The largest absolute Gasteiger partial charge is 0.388 e. The van der Waals surface area contributed by atoms with Crippen molar-refractivity contribution in [3.63, 3.8) is 0 Å². The Hall–Kier alpha value is -2.92. The molecule has 1 saturated heterocycles. The molecule has 3 aliphatic rings. The minimum Gasteiger partial charge on any atom is -0.388 e. The highest BCUT2D eigenvalue weighted by molar-refractivity contribution is 6.08. The standard InChI is InChI=1S/C28H32N2O3/c1-19(23(31)15-14-20-10-6-4-7-11-20)25(32)30-24-18-21-16-17-28(24,27(21,2)3)26(33)29(30)22-12-8-5-9-13-22/h4-13,21,23-24,31H,1,14-18H2,2-3H3/t21-,23+,24-,28-/m1/s1. The Morgan fingerprint density at radius 2 is 1.76 bits per heavy atom. The molecule has 0 radical (unpaired) electrons. The minimum absolute atomic E-state index is 0.00336. The van der Waals surface area contributed by atoms with Crippen LogP contribution in [0.3, 0.4) is 0 Å². The third kappa shape index (κ3) is 3.09. The molecule has 1 spiro atoms. The van der Waals surface area contributed by atoms with Crippen molar-refractivity contribution >= 4 is 17.5 Å². The summed E-state index contributed by atoms with van der Waals surface area (Å²) in [7, 11) is 0. The number of fused-ring (bicyclic) bond motifs is 1. The fourth-order valence-electron chi connectivity index (χ4n) is 6.64. The maximum atomic E-state index is 14.0. The second kappa shape index (κ2) is 7.84. The third-order valence-electron chi connectivity index (χ3n) is 8.65. The molecule has 2 aliphatic carbocycles. The van der Waals surface area contributed by atoms with Gasteiger partial charge < -0.3 is 5.11 Å². The van der Waals surface area contributed by atoms with Crippen molar-refractivity contribution in [1.82, 2.24) is 5.01 Å². The van der Waals surface area contributed by atoms with Crippen LogP contribution in [-0.2, 0) is 16.0 Å². The molecular weight excluding hydrogens is 412 g/mol. The maximum Gasteiger partial charge on any atom is 0.271 e. The molecule has 2 aromatic carbocycles. The van der Waals surface area contributed by atoms with E-state index in [1.54, 1.807) is 10.0 Å². The van der Waals surface area contributed by atoms with Crippen molar-refractivity contribution in [2.24, 2.45) is 16.7 Å². The van der Waals surface area contributed by atoms with Crippen molar-refractivity contribution < 1.29 is 14.7 Å². The summed E-state index contributed by atoms with van der Waals surface area (Å²) >= 11 is 0. The second-order valence-electron chi connectivity index (χ2n) is 10.3. The summed E-state index contributed by atoms with van der Waals surface area (Å²) in [4.78, 5) is 27.9. The Balaban J connectivity index is 1.45. The molecule has 33 heavy (non-hydrogen) atoms. The summed E-state index contributed by atoms with van der Waals surface area (Å²) in [6.07, 6.45) is 2.71. The maximum absolute atomic E-state index is 14.0. The van der Waals surface area contributed by atoms with Crippen LogP contribution in [-0.4, -0.2) is 34.1 Å². The predicted octanol–water partition coefficient (Wildman–Crippen LogP) is 4.52. The Labute approximate surface area is 195 Å². The van der Waals surface area contributed by atoms with Crippen molar-refractivity contribution in [2.75, 3.05) is 5.01 Å². The first-order valence-electron chi connectivity index (χ1n) is 11.9. The molecule has 0 unspecified atom stereocenters. The lowest BCUT2D eigenvalue weighted by Crippen LogP contribution is -2.49. The number of hydrogen-bond acceptors (Lipinski definition) is 3. The van der Waals surface area contributed by atoms with E-state index in [1.165, 1.54) is 0 Å². The van der Waals surface area contributed by atoms with Gasteiger partial charge in [0.15, 0.2) is 0 Å². The number of aliphatic hydroxyl groups excluding tert-OH is 1. The van der Waals surface area contributed by atoms with E-state index >= 15 is 0 Å². The first-order chi connectivity index (χ1) is 15.8. The van der Waals surface area contributed by atoms with Crippen LogP contribution in [0, 0.1) is 16.7 Å². The number of hydrazine groups is 1. The van der Waals surface area contributed by atoms with Crippen LogP contribution in [0.4, 0.5) is 5.69 Å². The lowest BCUT2D eigenvalue weighted by molar-refractivity contribution is -0.132. The van der Waals surface area contributed by atoms with E-state index in [0.717, 1.165) is 24.8 Å². The minimum atomic E-state index is -0.964. The van der Waals surface area contributed by atoms with E-state index < -0.39 is 11.5 Å². The zero-order valence-corrected chi connectivity index (χ0v) is 19.4. The number of para-hydroxylation sites is 1. The topological polar surface area (TPSA) is 60.9 Å². The van der Waals surface area contributed by atoms with Gasteiger partial charge in [-0.1, -0.05) is 69.0 Å². The summed E-state index contributed by atoms with van der Waals surface area (Å²) in [5.41, 5.74) is 1.18. The average Bonchev–Trinajstić information content (AvgIpc) is 3.35. The van der Waals surface area contributed by atoms with E-state index in [9.17, 15) is 14.7 Å². The first kappa shape index (κ1) is 21.9. The van der Waals surface area contributed by atoms with Gasteiger partial charge in [-0.3, -0.25) is 9.59 Å². The highest BCUT2D eigenvalue weighted by Crippen LogP contribution is 2.70. The van der Waals surface area contributed by atoms with Crippen LogP contribution in [0.25, 0.3) is 0 Å². The molecule has 3 fully saturated rings. The zero-order chi connectivity index (χ0) is 23.4. The van der Waals surface area contributed by atoms with Crippen molar-refractivity contribution in [3.05, 3.63) is 78.4 Å². The lowest BCUT2D eigenvalue weighted by Gasteiger charge is -2.35. The Bertz CT molecular complexity index is 1080. The molecule has 5 heteroatoms. The molecule has 0 aromatic heterocycles. The van der Waals surface area contributed by atoms with Gasteiger partial charge >= 0.3 is 0 Å². The quantitative estimate of drug-likeness (QED) is 0.667. The van der Waals surface area contributed by atoms with Crippen LogP contribution in [0.1, 0.15) is 45.1 Å². The smallest absolute Gasteiger partial charge is 0.271 e. The van der Waals surface area contributed by atoms with E-state index in [0.29, 0.717) is 24.4 Å². The van der Waals surface area contributed by atoms with E-state index in [1.807, 2.05) is 60.7 Å². The number of hydrogen-bond donors (Lipinski definition) is 1. The Morgan fingerprint density at radius 1 is 1.12 bits per heavy atom. The SMILES string of the molecule is C=C(C(=O)N1[C@@H]2C[C@H]3CC[C@@]2(C(=O)N1c1ccccc1)C3(C)C)[C@@H](O)CCc1ccccc1. The predicted molar refractivity (Wildman–Crippen MR) is 128 cm³/mol. The van der Waals surface area contributed by atoms with Crippen LogP contribution in [0.2, 0.25) is 0 Å². The first-order valence-corrected chi connectivity index (χ1v) is 11.9. The average molecular weight is 445 g/mol. The summed E-state index contributed by atoms with van der Waals surface area (Å²) < 4.78 is 0. The summed E-state index contributed by atoms with van der Waals surface area (Å²) in [6, 6.07) is 19.1. The molecule has 2 bridgehead atoms. The van der Waals surface area contributed by atoms with Gasteiger partial charge in [0.25, 0.3) is 11.8 Å². The zero-order valence-electron chi connectivity index (χ0n) is 19.4. The van der Waals surface area contributed by atoms with Gasteiger partial charge in [-0.2, -0.15) is 0 Å². The van der Waals surface area contributed by atoms with Gasteiger partial charge in [-0.05, 0) is 61.1 Å². The van der Waals surface area contributed by atoms with Crippen LogP contribution < -0.4 is 5.01 Å². The molecule has 172 valence electrons. The second-order valence-corrected chi connectivity index (χ2v) is 10.3. The van der Waals surface area contributed by atoms with Gasteiger partial charge in [0.2, 0.25) is 0 Å². The van der Waals surface area contributed by atoms with Crippen molar-refractivity contribution in [1.29, 1.82) is 0 Å². The molecule has 1 aliphatic heterocycles. The number of anilines is 1. The van der Waals surface area contributed by atoms with Gasteiger partial charge in [-0.25, -0.2) is 10.0 Å². The Kier molecular flexibility index (Phi) is 5.20. The van der Waals surface area contributed by atoms with Gasteiger partial charge in [0, 0.05) is 5.57 Å². The molecule has 2 amide bonds. The number of carbonyl (C=O) groups excluding carboxylic acids is 2. The van der Waals surface area contributed by atoms with Crippen LogP contribution in [0.15, 0.2) is 72.8 Å². The highest BCUT2D eigenvalue weighted by atomic mass is 16.3. The van der Waals surface area contributed by atoms with Crippen LogP contribution >= 0.6 is 0 Å². The fraction of sp³-hybridized carbons (Fsp3) is 0.429. The molecule has 2 saturated carbocycles. The van der Waals surface area contributed by atoms with Gasteiger partial charge in [0.1, 0.15) is 0 Å². The number of aryl methyl sites for hydroxylation is 1. The van der Waals surface area contributed by atoms with Gasteiger partial charge in [0.05, 0.1) is 23.2 Å². The number of benzene rings is 2. The summed E-state index contributed by atoms with van der Waals surface area (Å²) in [5.74, 6) is 0.0672. The third-order valence-corrected chi connectivity index (χ3v) is 8.65. The Morgan fingerprint density at radius 3 is 2.39 bits per heavy atom. The number of aliphatic hydroxyl groups is 1. The van der Waals surface area contributed by atoms with Crippen molar-refractivity contribution in [2.45, 2.75) is 58.1 Å². The summed E-state index contributed by atoms with van der Waals surface area (Å²) in [5, 5.41) is 14.1. The molecule has 2 aromatic rings.